The van der Waals surface area contributed by atoms with Crippen molar-refractivity contribution < 1.29 is 62.7 Å². The lowest BCUT2D eigenvalue weighted by atomic mass is 9.93. The molecule has 0 fully saturated rings. The highest BCUT2D eigenvalue weighted by molar-refractivity contribution is 5.84. The monoisotopic (exact) mass is 915 g/mol. The van der Waals surface area contributed by atoms with E-state index in [2.05, 4.69) is 10.6 Å². The van der Waals surface area contributed by atoms with Crippen LogP contribution in [0.1, 0.15) is 194 Å². The predicted molar refractivity (Wildman–Crippen MR) is 249 cm³/mol. The normalized spacial score (nSPS) is 11.9. The summed E-state index contributed by atoms with van der Waals surface area (Å²) in [5.74, 6) is -2.29. The van der Waals surface area contributed by atoms with Crippen LogP contribution in [0.15, 0.2) is 0 Å². The summed E-state index contributed by atoms with van der Waals surface area (Å²) in [5.41, 5.74) is 0. The minimum atomic E-state index is -1.00. The third-order valence-corrected chi connectivity index (χ3v) is 10.8. The van der Waals surface area contributed by atoms with Gasteiger partial charge in [-0.2, -0.15) is 0 Å². The van der Waals surface area contributed by atoms with Crippen molar-refractivity contribution in [1.29, 1.82) is 0 Å². The van der Waals surface area contributed by atoms with E-state index in [1.165, 1.54) is 58.4 Å². The van der Waals surface area contributed by atoms with Crippen LogP contribution in [0.3, 0.4) is 0 Å². The number of rotatable bonds is 47. The molecule has 2 amide bonds. The van der Waals surface area contributed by atoms with E-state index >= 15 is 0 Å². The highest BCUT2D eigenvalue weighted by Crippen LogP contribution is 2.18. The number of Topliss-reactive ketones (excluding diaryl/α,β-unsaturated/α-hetero) is 3. The average Bonchev–Trinajstić information content (AvgIpc) is 3.27. The van der Waals surface area contributed by atoms with Gasteiger partial charge in [0.15, 0.2) is 5.78 Å². The molecule has 0 rings (SSSR count). The molecule has 0 spiro atoms. The molecule has 4 N–H and O–H groups in total. The number of ketones is 3. The van der Waals surface area contributed by atoms with Crippen molar-refractivity contribution in [3.05, 3.63) is 0 Å². The molecule has 0 heterocycles. The summed E-state index contributed by atoms with van der Waals surface area (Å²) < 4.78 is 21.2. The number of carboxylic acids is 2. The van der Waals surface area contributed by atoms with Crippen LogP contribution in [0, 0.1) is 11.8 Å². The summed E-state index contributed by atoms with van der Waals surface area (Å²) in [7, 11) is 1.51. The summed E-state index contributed by atoms with van der Waals surface area (Å²) in [4.78, 5) is 80.1. The van der Waals surface area contributed by atoms with Crippen molar-refractivity contribution in [1.82, 2.24) is 10.6 Å². The van der Waals surface area contributed by atoms with E-state index in [-0.39, 0.29) is 61.8 Å². The van der Waals surface area contributed by atoms with Crippen molar-refractivity contribution in [3.63, 3.8) is 0 Å². The average molecular weight is 915 g/mol. The molecule has 0 unspecified atom stereocenters. The Morgan fingerprint density at radius 1 is 0.484 bits per heavy atom. The third kappa shape index (κ3) is 45.3. The lowest BCUT2D eigenvalue weighted by molar-refractivity contribution is -0.144. The summed E-state index contributed by atoms with van der Waals surface area (Å²) >= 11 is 0. The Bertz CT molecular complexity index is 1200. The van der Waals surface area contributed by atoms with E-state index in [9.17, 15) is 38.7 Å². The fourth-order valence-corrected chi connectivity index (χ4v) is 6.89. The van der Waals surface area contributed by atoms with Crippen molar-refractivity contribution in [2.45, 2.75) is 194 Å². The van der Waals surface area contributed by atoms with Gasteiger partial charge in [0.1, 0.15) is 24.8 Å². The minimum Gasteiger partial charge on any atom is -0.481 e. The van der Waals surface area contributed by atoms with Crippen LogP contribution in [0.4, 0.5) is 0 Å². The zero-order valence-electron chi connectivity index (χ0n) is 40.5. The molecule has 0 aliphatic heterocycles. The quantitative estimate of drug-likeness (QED) is 0.0421. The molecular weight excluding hydrogens is 825 g/mol. The zero-order valence-corrected chi connectivity index (χ0v) is 40.5. The zero-order chi connectivity index (χ0) is 47.9. The number of amides is 2. The highest BCUT2D eigenvalue weighted by Gasteiger charge is 2.22. The van der Waals surface area contributed by atoms with Gasteiger partial charge in [0.2, 0.25) is 11.8 Å². The number of carbonyl (C=O) groups is 7. The first kappa shape index (κ1) is 62.8. The predicted octanol–water partition coefficient (Wildman–Crippen LogP) is 8.60. The second-order valence-corrected chi connectivity index (χ2v) is 16.6. The van der Waals surface area contributed by atoms with E-state index < -0.39 is 17.9 Å². The smallest absolute Gasteiger partial charge is 0.306 e. The van der Waals surface area contributed by atoms with Gasteiger partial charge in [0.25, 0.3) is 0 Å². The highest BCUT2D eigenvalue weighted by atomic mass is 16.5. The number of ether oxygens (including phenoxy) is 4. The maximum atomic E-state index is 12.0. The lowest BCUT2D eigenvalue weighted by Crippen LogP contribution is -2.29. The molecule has 0 bridgehead atoms. The van der Waals surface area contributed by atoms with Crippen LogP contribution < -0.4 is 10.6 Å². The summed E-state index contributed by atoms with van der Waals surface area (Å²) in [6.07, 6.45) is 23.1. The molecule has 0 aromatic carbocycles. The van der Waals surface area contributed by atoms with Crippen LogP contribution in [0.5, 0.6) is 0 Å². The Hall–Kier alpha value is -3.27. The van der Waals surface area contributed by atoms with E-state index in [0.717, 1.165) is 70.6 Å². The molecule has 0 aliphatic rings. The summed E-state index contributed by atoms with van der Waals surface area (Å²) in [5, 5.41) is 23.1. The Balaban J connectivity index is 0. The van der Waals surface area contributed by atoms with Crippen molar-refractivity contribution in [3.8, 4) is 0 Å². The second kappa shape index (κ2) is 47.7. The van der Waals surface area contributed by atoms with Gasteiger partial charge in [-0.05, 0) is 51.4 Å². The minimum absolute atomic E-state index is 0.00700. The molecular formula is C49H90N2O13. The third-order valence-electron chi connectivity index (χ3n) is 10.8. The van der Waals surface area contributed by atoms with Gasteiger partial charge in [0.05, 0.1) is 32.3 Å². The first-order chi connectivity index (χ1) is 30.9. The van der Waals surface area contributed by atoms with E-state index in [1.54, 1.807) is 0 Å². The van der Waals surface area contributed by atoms with Crippen LogP contribution in [0.25, 0.3) is 0 Å². The standard InChI is InChI=1S/C25H45NO6.C24H45NO7/c1-26-23(28)19-18-21(25(31)32)20-22(27)16-14-12-10-8-6-4-2-3-5-7-9-11-13-15-17-24(29)30;1-4-13-29-15-17-31-19-22(26)11-9-14-30-16-18-32-20-24(28)25-12-8-7-10-21(5-2)23(27)6-3/h21H,2-20H2,1H3,(H,26,28)(H,29,30)(H,31,32);21H,4-20H2,1-3H3,(H,25,28)/t2*21-/m10/s1. The molecule has 15 heteroatoms. The number of nitrogens with one attached hydrogen (secondary N) is 2. The molecule has 0 radical (unpaired) electrons. The van der Waals surface area contributed by atoms with Crippen LogP contribution in [-0.2, 0) is 52.5 Å². The van der Waals surface area contributed by atoms with Gasteiger partial charge < -0.3 is 39.8 Å². The Kier molecular flexibility index (Phi) is 46.8. The fourth-order valence-electron chi connectivity index (χ4n) is 6.89. The van der Waals surface area contributed by atoms with Gasteiger partial charge in [0, 0.05) is 71.2 Å². The molecule has 0 saturated heterocycles. The van der Waals surface area contributed by atoms with Gasteiger partial charge in [-0.1, -0.05) is 104 Å². The largest absolute Gasteiger partial charge is 0.481 e. The Labute approximate surface area is 386 Å². The number of aliphatic carboxylic acids is 2. The van der Waals surface area contributed by atoms with Crippen LogP contribution in [0.2, 0.25) is 0 Å². The molecule has 64 heavy (non-hydrogen) atoms. The molecule has 2 atom stereocenters. The molecule has 0 aromatic rings. The van der Waals surface area contributed by atoms with Gasteiger partial charge >= 0.3 is 11.9 Å². The van der Waals surface area contributed by atoms with Crippen molar-refractivity contribution in [2.24, 2.45) is 11.8 Å². The first-order valence-electron chi connectivity index (χ1n) is 24.7. The number of hydrogen-bond donors (Lipinski definition) is 4. The fraction of sp³-hybridized carbons (Fsp3) is 0.857. The van der Waals surface area contributed by atoms with Crippen LogP contribution >= 0.6 is 0 Å². The summed E-state index contributed by atoms with van der Waals surface area (Å²) in [6.45, 7) is 9.57. The molecule has 0 saturated carbocycles. The van der Waals surface area contributed by atoms with Crippen molar-refractivity contribution in [2.75, 3.05) is 66.4 Å². The number of carbonyl (C=O) groups excluding carboxylic acids is 5. The Morgan fingerprint density at radius 2 is 1.00 bits per heavy atom. The summed E-state index contributed by atoms with van der Waals surface area (Å²) in [6, 6.07) is 0. The topological polar surface area (TPSA) is 221 Å². The molecule has 15 nitrogen and oxygen atoms in total. The van der Waals surface area contributed by atoms with E-state index in [0.29, 0.717) is 84.1 Å². The van der Waals surface area contributed by atoms with E-state index in [1.807, 2.05) is 20.8 Å². The van der Waals surface area contributed by atoms with Gasteiger partial charge in [-0.25, -0.2) is 0 Å². The van der Waals surface area contributed by atoms with Crippen molar-refractivity contribution >= 4 is 41.1 Å². The number of hydrogen-bond acceptors (Lipinski definition) is 11. The molecule has 0 aliphatic carbocycles. The maximum absolute atomic E-state index is 12.0. The van der Waals surface area contributed by atoms with E-state index in [4.69, 9.17) is 24.1 Å². The van der Waals surface area contributed by atoms with Crippen LogP contribution in [-0.4, -0.2) is 118 Å². The first-order valence-corrected chi connectivity index (χ1v) is 24.7. The number of unbranched alkanes of at least 4 members (excludes halogenated alkanes) is 14. The molecule has 374 valence electrons. The molecule has 0 aromatic heterocycles. The lowest BCUT2D eigenvalue weighted by Gasteiger charge is -2.12. The maximum Gasteiger partial charge on any atom is 0.306 e. The SMILES string of the molecule is CCCOCCOCC(=O)CCCOCCOCC(=O)NCCCC[C@H](CC)C(=O)CC.CNC(=O)CC[C@H](CC(=O)CCCCCCCCCCCCCCCCC(=O)O)C(=O)O. The van der Waals surface area contributed by atoms with Gasteiger partial charge in [-0.15, -0.1) is 0 Å². The Morgan fingerprint density at radius 3 is 1.52 bits per heavy atom. The second-order valence-electron chi connectivity index (χ2n) is 16.6. The number of carboxylic acid groups (broad SMARTS) is 2. The van der Waals surface area contributed by atoms with Gasteiger partial charge in [-0.3, -0.25) is 33.6 Å².